The lowest BCUT2D eigenvalue weighted by Gasteiger charge is -2.11. The van der Waals surface area contributed by atoms with Crippen molar-refractivity contribution in [2.75, 3.05) is 5.73 Å². The van der Waals surface area contributed by atoms with Crippen LogP contribution in [0.4, 0.5) is 5.69 Å². The Balaban J connectivity index is 2.30. The molecule has 0 aliphatic rings. The first-order chi connectivity index (χ1) is 9.81. The summed E-state index contributed by atoms with van der Waals surface area (Å²) >= 11 is 15.0. The zero-order chi connectivity index (χ0) is 15.6. The molecule has 21 heavy (non-hydrogen) atoms. The molecule has 8 heteroatoms. The first-order valence-electron chi connectivity index (χ1n) is 5.79. The third-order valence-electron chi connectivity index (χ3n) is 2.73. The van der Waals surface area contributed by atoms with E-state index in [1.165, 1.54) is 12.1 Å². The van der Waals surface area contributed by atoms with Crippen LogP contribution in [0.25, 0.3) is 0 Å². The minimum absolute atomic E-state index is 0.0143. The Bertz CT molecular complexity index is 782. The Kier molecular flexibility index (Phi) is 5.16. The molecule has 0 heterocycles. The lowest BCUT2D eigenvalue weighted by atomic mass is 10.2. The molecule has 3 N–H and O–H groups in total. The van der Waals surface area contributed by atoms with Gasteiger partial charge in [-0.1, -0.05) is 41.4 Å². The molecule has 0 aliphatic heterocycles. The summed E-state index contributed by atoms with van der Waals surface area (Å²) in [7, 11) is -3.77. The van der Waals surface area contributed by atoms with Crippen LogP contribution >= 0.6 is 39.1 Å². The minimum atomic E-state index is -3.77. The third kappa shape index (κ3) is 3.90. The summed E-state index contributed by atoms with van der Waals surface area (Å²) < 4.78 is 27.4. The Morgan fingerprint density at radius 3 is 2.52 bits per heavy atom. The van der Waals surface area contributed by atoms with Gasteiger partial charge in [-0.25, -0.2) is 13.1 Å². The highest BCUT2D eigenvalue weighted by Gasteiger charge is 2.20. The van der Waals surface area contributed by atoms with Crippen LogP contribution in [0.3, 0.4) is 0 Å². The highest BCUT2D eigenvalue weighted by atomic mass is 79.9. The van der Waals surface area contributed by atoms with E-state index in [1.54, 1.807) is 24.3 Å². The fourth-order valence-electron chi connectivity index (χ4n) is 1.67. The minimum Gasteiger partial charge on any atom is -0.398 e. The monoisotopic (exact) mass is 408 g/mol. The van der Waals surface area contributed by atoms with Crippen molar-refractivity contribution in [2.24, 2.45) is 0 Å². The summed E-state index contributed by atoms with van der Waals surface area (Å²) in [5, 5.41) is 0.735. The predicted molar refractivity (Wildman–Crippen MR) is 89.0 cm³/mol. The van der Waals surface area contributed by atoms with Crippen LogP contribution in [0, 0.1) is 0 Å². The van der Waals surface area contributed by atoms with E-state index in [9.17, 15) is 8.42 Å². The van der Waals surface area contributed by atoms with Crippen molar-refractivity contribution in [1.29, 1.82) is 0 Å². The van der Waals surface area contributed by atoms with Crippen LogP contribution < -0.4 is 10.5 Å². The van der Waals surface area contributed by atoms with Gasteiger partial charge >= 0.3 is 0 Å². The Hall–Kier alpha value is -0.790. The van der Waals surface area contributed by atoms with Gasteiger partial charge in [-0.3, -0.25) is 0 Å². The van der Waals surface area contributed by atoms with E-state index in [4.69, 9.17) is 28.9 Å². The highest BCUT2D eigenvalue weighted by molar-refractivity contribution is 9.10. The number of anilines is 1. The van der Waals surface area contributed by atoms with Crippen molar-refractivity contribution in [2.45, 2.75) is 11.4 Å². The van der Waals surface area contributed by atoms with Gasteiger partial charge in [0.15, 0.2) is 0 Å². The van der Waals surface area contributed by atoms with E-state index < -0.39 is 10.0 Å². The number of nitrogens with one attached hydrogen (secondary N) is 1. The van der Waals surface area contributed by atoms with Crippen molar-refractivity contribution in [3.05, 3.63) is 56.5 Å². The Labute approximate surface area is 141 Å². The summed E-state index contributed by atoms with van der Waals surface area (Å²) in [5.41, 5.74) is 6.63. The van der Waals surface area contributed by atoms with E-state index in [0.29, 0.717) is 10.6 Å². The normalized spacial score (nSPS) is 11.6. The Morgan fingerprint density at radius 1 is 1.19 bits per heavy atom. The lowest BCUT2D eigenvalue weighted by Crippen LogP contribution is -2.24. The molecule has 0 unspecified atom stereocenters. The average Bonchev–Trinajstić information content (AvgIpc) is 2.42. The molecule has 0 amide bonds. The topological polar surface area (TPSA) is 72.2 Å². The first kappa shape index (κ1) is 16.6. The van der Waals surface area contributed by atoms with E-state index >= 15 is 0 Å². The number of nitrogen functional groups attached to an aromatic ring is 1. The molecule has 2 rings (SSSR count). The molecule has 0 aromatic heterocycles. The van der Waals surface area contributed by atoms with Gasteiger partial charge in [0.25, 0.3) is 0 Å². The molecule has 0 aliphatic carbocycles. The number of hydrogen-bond donors (Lipinski definition) is 2. The molecule has 0 radical (unpaired) electrons. The van der Waals surface area contributed by atoms with Crippen molar-refractivity contribution in [3.8, 4) is 0 Å². The molecular formula is C13H11BrCl2N2O2S. The standard InChI is InChI=1S/C13H11BrCl2N2O2S/c14-13-11(17)5-9(15)6-12(13)21(19,20)18-7-8-3-1-2-4-10(8)16/h1-6,18H,7,17H2. The predicted octanol–water partition coefficient (Wildman–Crippen LogP) is 3.82. The largest absolute Gasteiger partial charge is 0.398 e. The quantitative estimate of drug-likeness (QED) is 0.754. The first-order valence-corrected chi connectivity index (χ1v) is 8.82. The van der Waals surface area contributed by atoms with Crippen LogP contribution in [0.5, 0.6) is 0 Å². The summed E-state index contributed by atoms with van der Waals surface area (Å²) in [4.78, 5) is -0.0143. The van der Waals surface area contributed by atoms with E-state index in [0.717, 1.165) is 0 Å². The fraction of sp³-hybridized carbons (Fsp3) is 0.0769. The summed E-state index contributed by atoms with van der Waals surface area (Å²) in [6.07, 6.45) is 0. The second kappa shape index (κ2) is 6.54. The van der Waals surface area contributed by atoms with E-state index in [1.807, 2.05) is 0 Å². The average molecular weight is 410 g/mol. The van der Waals surface area contributed by atoms with Gasteiger partial charge in [-0.2, -0.15) is 0 Å². The molecule has 0 bridgehead atoms. The molecule has 0 spiro atoms. The van der Waals surface area contributed by atoms with Gasteiger partial charge in [-0.15, -0.1) is 0 Å². The number of nitrogens with two attached hydrogens (primary N) is 1. The van der Waals surface area contributed by atoms with Crippen LogP contribution in [0.1, 0.15) is 5.56 Å². The number of halogens is 3. The zero-order valence-corrected chi connectivity index (χ0v) is 14.5. The molecule has 112 valence electrons. The number of sulfonamides is 1. The maximum absolute atomic E-state index is 12.3. The molecule has 0 fully saturated rings. The van der Waals surface area contributed by atoms with Gasteiger partial charge in [-0.05, 0) is 39.7 Å². The van der Waals surface area contributed by atoms with E-state index in [2.05, 4.69) is 20.7 Å². The number of rotatable bonds is 4. The maximum Gasteiger partial charge on any atom is 0.242 e. The van der Waals surface area contributed by atoms with Crippen molar-refractivity contribution >= 4 is 54.8 Å². The van der Waals surface area contributed by atoms with Crippen LogP contribution in [-0.4, -0.2) is 8.42 Å². The van der Waals surface area contributed by atoms with E-state index in [-0.39, 0.29) is 26.6 Å². The molecule has 0 atom stereocenters. The highest BCUT2D eigenvalue weighted by Crippen LogP contribution is 2.31. The number of benzene rings is 2. The third-order valence-corrected chi connectivity index (χ3v) is 5.89. The molecule has 2 aromatic carbocycles. The fourth-order valence-corrected chi connectivity index (χ4v) is 4.17. The van der Waals surface area contributed by atoms with Crippen molar-refractivity contribution < 1.29 is 8.42 Å². The smallest absolute Gasteiger partial charge is 0.242 e. The van der Waals surface area contributed by atoms with Crippen LogP contribution in [0.2, 0.25) is 10.0 Å². The van der Waals surface area contributed by atoms with Crippen molar-refractivity contribution in [1.82, 2.24) is 4.72 Å². The summed E-state index contributed by atoms with van der Waals surface area (Å²) in [6, 6.07) is 9.79. The molecule has 2 aromatic rings. The molecule has 0 saturated carbocycles. The summed E-state index contributed by atoms with van der Waals surface area (Å²) in [6.45, 7) is 0.0703. The van der Waals surface area contributed by atoms with Crippen molar-refractivity contribution in [3.63, 3.8) is 0 Å². The van der Waals surface area contributed by atoms with Gasteiger partial charge < -0.3 is 5.73 Å². The van der Waals surface area contributed by atoms with Gasteiger partial charge in [0, 0.05) is 22.3 Å². The van der Waals surface area contributed by atoms with Gasteiger partial charge in [0.2, 0.25) is 10.0 Å². The molecule has 4 nitrogen and oxygen atoms in total. The SMILES string of the molecule is Nc1cc(Cl)cc(S(=O)(=O)NCc2ccccc2Cl)c1Br. The molecule has 0 saturated heterocycles. The second-order valence-electron chi connectivity index (χ2n) is 4.22. The lowest BCUT2D eigenvalue weighted by molar-refractivity contribution is 0.581. The van der Waals surface area contributed by atoms with Crippen LogP contribution in [0.15, 0.2) is 45.8 Å². The maximum atomic E-state index is 12.3. The van der Waals surface area contributed by atoms with Gasteiger partial charge in [0.05, 0.1) is 9.37 Å². The van der Waals surface area contributed by atoms with Gasteiger partial charge in [0.1, 0.15) is 0 Å². The number of hydrogen-bond acceptors (Lipinski definition) is 3. The van der Waals surface area contributed by atoms with Crippen LogP contribution in [-0.2, 0) is 16.6 Å². The summed E-state index contributed by atoms with van der Waals surface area (Å²) in [5.74, 6) is 0. The molecular weight excluding hydrogens is 399 g/mol. The Morgan fingerprint density at radius 2 is 1.86 bits per heavy atom. The second-order valence-corrected chi connectivity index (χ2v) is 7.60. The zero-order valence-electron chi connectivity index (χ0n) is 10.6.